The van der Waals surface area contributed by atoms with E-state index in [1.807, 2.05) is 6.92 Å². The highest BCUT2D eigenvalue weighted by molar-refractivity contribution is 9.09. The highest BCUT2D eigenvalue weighted by Crippen LogP contribution is 2.60. The molecule has 12 heteroatoms. The van der Waals surface area contributed by atoms with Crippen LogP contribution in [-0.4, -0.2) is 114 Å². The van der Waals surface area contributed by atoms with Crippen LogP contribution in [0.15, 0.2) is 24.3 Å². The monoisotopic (exact) mass is 650 g/mol. The topological polar surface area (TPSA) is 130 Å². The number of carbonyl (C=O) groups excluding carboxylic acids is 3. The van der Waals surface area contributed by atoms with Crippen LogP contribution in [0.3, 0.4) is 0 Å². The summed E-state index contributed by atoms with van der Waals surface area (Å²) in [7, 11) is 0. The summed E-state index contributed by atoms with van der Waals surface area (Å²) in [6.07, 6.45) is 3.05. The number of aliphatic hydroxyl groups is 1. The van der Waals surface area contributed by atoms with Crippen molar-refractivity contribution in [2.24, 2.45) is 11.8 Å². The van der Waals surface area contributed by atoms with E-state index in [2.05, 4.69) is 31.5 Å². The zero-order valence-corrected chi connectivity index (χ0v) is 25.9. The fourth-order valence-electron chi connectivity index (χ4n) is 7.00. The van der Waals surface area contributed by atoms with Crippen LogP contribution in [0.4, 0.5) is 5.69 Å². The first-order valence-corrected chi connectivity index (χ1v) is 16.2. The number of aliphatic hydroxyl groups excluding tert-OH is 1. The van der Waals surface area contributed by atoms with Crippen LogP contribution >= 0.6 is 15.9 Å². The van der Waals surface area contributed by atoms with E-state index < -0.39 is 29.6 Å². The molecule has 4 fully saturated rings. The van der Waals surface area contributed by atoms with Gasteiger partial charge in [0.05, 0.1) is 37.8 Å². The van der Waals surface area contributed by atoms with E-state index >= 15 is 0 Å². The molecule has 1 spiro atoms. The minimum absolute atomic E-state index is 0.134. The van der Waals surface area contributed by atoms with Gasteiger partial charge in [-0.15, -0.1) is 0 Å². The van der Waals surface area contributed by atoms with Crippen LogP contribution in [0.2, 0.25) is 0 Å². The van der Waals surface area contributed by atoms with Crippen molar-refractivity contribution in [2.75, 3.05) is 64.5 Å². The number of ether oxygens (including phenoxy) is 3. The Morgan fingerprint density at radius 2 is 1.83 bits per heavy atom. The number of anilines is 1. The second-order valence-electron chi connectivity index (χ2n) is 11.5. The number of nitrogens with zero attached hydrogens (tertiary/aromatic N) is 2. The molecule has 0 saturated carbocycles. The van der Waals surface area contributed by atoms with Crippen LogP contribution < -0.4 is 15.4 Å². The maximum Gasteiger partial charge on any atom is 0.245 e. The summed E-state index contributed by atoms with van der Waals surface area (Å²) in [6.45, 7) is 7.16. The fourth-order valence-corrected chi connectivity index (χ4v) is 7.95. The molecular weight excluding hydrogens is 608 g/mol. The minimum atomic E-state index is -1.08. The predicted molar refractivity (Wildman–Crippen MR) is 159 cm³/mol. The summed E-state index contributed by atoms with van der Waals surface area (Å²) < 4.78 is 17.5. The number of hydrogen-bond donors (Lipinski definition) is 3. The van der Waals surface area contributed by atoms with Crippen LogP contribution in [0.1, 0.15) is 39.0 Å². The smallest absolute Gasteiger partial charge is 0.245 e. The summed E-state index contributed by atoms with van der Waals surface area (Å²) >= 11 is 3.72. The van der Waals surface area contributed by atoms with E-state index in [4.69, 9.17) is 19.3 Å². The van der Waals surface area contributed by atoms with Crippen molar-refractivity contribution >= 4 is 39.3 Å². The van der Waals surface area contributed by atoms with Gasteiger partial charge in [-0.05, 0) is 50.5 Å². The lowest BCUT2D eigenvalue weighted by Gasteiger charge is -2.34. The molecule has 3 amide bonds. The molecule has 6 atom stereocenters. The molecule has 11 nitrogen and oxygen atoms in total. The Kier molecular flexibility index (Phi) is 10.4. The summed E-state index contributed by atoms with van der Waals surface area (Å²) in [5.41, 5.74) is -0.472. The molecule has 4 aliphatic heterocycles. The normalized spacial score (nSPS) is 30.4. The van der Waals surface area contributed by atoms with Crippen molar-refractivity contribution in [3.63, 3.8) is 0 Å². The Labute approximate surface area is 255 Å². The van der Waals surface area contributed by atoms with E-state index in [1.165, 1.54) is 0 Å². The van der Waals surface area contributed by atoms with E-state index in [0.29, 0.717) is 70.2 Å². The van der Waals surface area contributed by atoms with E-state index in [1.54, 1.807) is 29.2 Å². The van der Waals surface area contributed by atoms with Gasteiger partial charge in [-0.1, -0.05) is 28.8 Å². The average molecular weight is 652 g/mol. The predicted octanol–water partition coefficient (Wildman–Crippen LogP) is 1.77. The average Bonchev–Trinajstić information content (AvgIpc) is 3.58. The summed E-state index contributed by atoms with van der Waals surface area (Å²) in [5.74, 6) is -1.48. The quantitative estimate of drug-likeness (QED) is 0.205. The zero-order valence-electron chi connectivity index (χ0n) is 24.3. The Hall–Kier alpha value is -2.25. The third-order valence-corrected chi connectivity index (χ3v) is 9.76. The molecule has 5 rings (SSSR count). The van der Waals surface area contributed by atoms with E-state index in [-0.39, 0.29) is 29.2 Å². The SMILES string of the molecule is CCOc1ccc(NC(=O)[C@H]2[C@@H]3OC4(CC3Br)C(C(=O)NCCN3CCOCC3)N(CCCCCCO)C(=O)[C@H]24)cc1. The van der Waals surface area contributed by atoms with Crippen molar-refractivity contribution in [3.05, 3.63) is 24.3 Å². The first-order valence-electron chi connectivity index (χ1n) is 15.2. The number of nitrogens with one attached hydrogen (secondary N) is 2. The fraction of sp³-hybridized carbons (Fsp3) is 0.700. The first kappa shape index (κ1) is 31.2. The largest absolute Gasteiger partial charge is 0.494 e. The van der Waals surface area contributed by atoms with Gasteiger partial charge in [-0.25, -0.2) is 0 Å². The van der Waals surface area contributed by atoms with E-state index in [9.17, 15) is 14.4 Å². The minimum Gasteiger partial charge on any atom is -0.494 e. The number of benzene rings is 1. The molecule has 4 saturated heterocycles. The number of likely N-dealkylation sites (tertiary alicyclic amines) is 1. The number of morpholine rings is 1. The van der Waals surface area contributed by atoms with Gasteiger partial charge in [-0.3, -0.25) is 19.3 Å². The molecule has 0 aromatic heterocycles. The number of hydrogen-bond acceptors (Lipinski definition) is 8. The molecule has 2 bridgehead atoms. The molecule has 42 heavy (non-hydrogen) atoms. The lowest BCUT2D eigenvalue weighted by molar-refractivity contribution is -0.141. The van der Waals surface area contributed by atoms with Crippen molar-refractivity contribution in [2.45, 2.75) is 61.6 Å². The van der Waals surface area contributed by atoms with Gasteiger partial charge in [0.25, 0.3) is 0 Å². The third kappa shape index (κ3) is 6.33. The second-order valence-corrected chi connectivity index (χ2v) is 12.7. The van der Waals surface area contributed by atoms with Gasteiger partial charge >= 0.3 is 0 Å². The van der Waals surface area contributed by atoms with Crippen LogP contribution in [0.25, 0.3) is 0 Å². The molecular formula is C30H43BrN4O7. The van der Waals surface area contributed by atoms with Gasteiger partial charge in [-0.2, -0.15) is 0 Å². The Bertz CT molecular complexity index is 1100. The number of alkyl halides is 1. The lowest BCUT2D eigenvalue weighted by Crippen LogP contribution is -2.56. The summed E-state index contributed by atoms with van der Waals surface area (Å²) in [5, 5.41) is 15.2. The van der Waals surface area contributed by atoms with Crippen molar-refractivity contribution in [1.82, 2.24) is 15.1 Å². The number of amides is 3. The van der Waals surface area contributed by atoms with Crippen molar-refractivity contribution < 1.29 is 33.7 Å². The van der Waals surface area contributed by atoms with Crippen LogP contribution in [0, 0.1) is 11.8 Å². The molecule has 0 radical (unpaired) electrons. The standard InChI is InChI=1S/C30H43BrN4O7/c1-2-41-21-9-7-20(8-10-21)33-27(37)23-24-29(39)35(12-5-3-4-6-16-36)26(30(24)19-22(31)25(23)42-30)28(38)32-11-13-34-14-17-40-18-15-34/h7-10,22-26,36H,2-6,11-19H2,1H3,(H,32,38)(H,33,37)/t22?,23-,24+,25-,26?,30?/m1/s1. The molecule has 4 aliphatic rings. The maximum absolute atomic E-state index is 14.1. The van der Waals surface area contributed by atoms with Gasteiger partial charge < -0.3 is 34.9 Å². The number of halogens is 1. The summed E-state index contributed by atoms with van der Waals surface area (Å²) in [4.78, 5) is 45.5. The first-order chi connectivity index (χ1) is 20.4. The van der Waals surface area contributed by atoms with Gasteiger partial charge in [0.15, 0.2) is 0 Å². The Morgan fingerprint density at radius 3 is 2.55 bits per heavy atom. The second kappa shape index (κ2) is 14.0. The molecule has 3 N–H and O–H groups in total. The molecule has 3 unspecified atom stereocenters. The molecule has 232 valence electrons. The molecule has 4 heterocycles. The van der Waals surface area contributed by atoms with Gasteiger partial charge in [0.2, 0.25) is 17.7 Å². The van der Waals surface area contributed by atoms with E-state index in [0.717, 1.165) is 25.9 Å². The summed E-state index contributed by atoms with van der Waals surface area (Å²) in [6, 6.07) is 6.32. The van der Waals surface area contributed by atoms with Gasteiger partial charge in [0, 0.05) is 49.8 Å². The third-order valence-electron chi connectivity index (χ3n) is 8.91. The molecule has 1 aromatic rings. The number of rotatable bonds is 14. The van der Waals surface area contributed by atoms with Crippen molar-refractivity contribution in [3.8, 4) is 5.75 Å². The highest BCUT2D eigenvalue weighted by atomic mass is 79.9. The molecule has 0 aliphatic carbocycles. The van der Waals surface area contributed by atoms with Crippen LogP contribution in [0.5, 0.6) is 5.75 Å². The number of unbranched alkanes of at least 4 members (excludes halogenated alkanes) is 3. The molecule has 1 aromatic carbocycles. The van der Waals surface area contributed by atoms with Gasteiger partial charge in [0.1, 0.15) is 17.4 Å². The van der Waals surface area contributed by atoms with Crippen molar-refractivity contribution in [1.29, 1.82) is 0 Å². The van der Waals surface area contributed by atoms with Crippen LogP contribution in [-0.2, 0) is 23.9 Å². The number of fused-ring (bicyclic) bond motifs is 1. The Morgan fingerprint density at radius 1 is 1.10 bits per heavy atom. The zero-order chi connectivity index (χ0) is 29.7. The lowest BCUT2D eigenvalue weighted by atomic mass is 9.70. The highest BCUT2D eigenvalue weighted by Gasteiger charge is 2.76. The maximum atomic E-state index is 14.1. The Balaban J connectivity index is 1.33. The number of carbonyl (C=O) groups is 3.